The molecular weight excluding hydrogens is 496 g/mol. The molecule has 6 heteroatoms. The number of hydrogen-bond acceptors (Lipinski definition) is 3. The molecule has 0 saturated heterocycles. The van der Waals surface area contributed by atoms with E-state index < -0.39 is 11.6 Å². The summed E-state index contributed by atoms with van der Waals surface area (Å²) in [6.07, 6.45) is 0.370. The summed E-state index contributed by atoms with van der Waals surface area (Å²) < 4.78 is 5.91. The molecule has 3 rings (SSSR count). The Morgan fingerprint density at radius 1 is 0.868 bits per heavy atom. The Bertz CT molecular complexity index is 1210. The lowest BCUT2D eigenvalue weighted by Gasteiger charge is -2.33. The van der Waals surface area contributed by atoms with Crippen LogP contribution in [0.3, 0.4) is 0 Å². The lowest BCUT2D eigenvalue weighted by molar-refractivity contribution is -0.143. The van der Waals surface area contributed by atoms with Gasteiger partial charge in [0.15, 0.2) is 6.61 Å². The van der Waals surface area contributed by atoms with Crippen LogP contribution in [0, 0.1) is 0 Å². The van der Waals surface area contributed by atoms with E-state index >= 15 is 0 Å². The van der Waals surface area contributed by atoms with Gasteiger partial charge in [-0.15, -0.1) is 0 Å². The van der Waals surface area contributed by atoms with Gasteiger partial charge in [0.25, 0.3) is 5.91 Å². The average Bonchev–Trinajstić information content (AvgIpc) is 2.84. The molecule has 3 aromatic rings. The minimum atomic E-state index is -0.741. The van der Waals surface area contributed by atoms with Gasteiger partial charge in [-0.1, -0.05) is 87.0 Å². The first-order valence-electron chi connectivity index (χ1n) is 12.9. The summed E-state index contributed by atoms with van der Waals surface area (Å²) in [7, 11) is 0. The molecule has 0 bridgehead atoms. The first kappa shape index (κ1) is 29.2. The van der Waals surface area contributed by atoms with Crippen molar-refractivity contribution in [1.82, 2.24) is 10.2 Å². The minimum absolute atomic E-state index is 0.0210. The Kier molecular flexibility index (Phi) is 9.61. The molecule has 0 aliphatic carbocycles. The van der Waals surface area contributed by atoms with Crippen LogP contribution in [0.25, 0.3) is 0 Å². The molecule has 38 heavy (non-hydrogen) atoms. The lowest BCUT2D eigenvalue weighted by Crippen LogP contribution is -2.55. The Hall–Kier alpha value is -3.31. The molecule has 0 aliphatic rings. The highest BCUT2D eigenvalue weighted by Gasteiger charge is 2.32. The van der Waals surface area contributed by atoms with E-state index in [-0.39, 0.29) is 30.4 Å². The van der Waals surface area contributed by atoms with Crippen LogP contribution in [-0.4, -0.2) is 34.9 Å². The summed E-state index contributed by atoms with van der Waals surface area (Å²) in [5, 5.41) is 3.64. The Morgan fingerprint density at radius 2 is 1.50 bits per heavy atom. The number of rotatable bonds is 9. The highest BCUT2D eigenvalue weighted by molar-refractivity contribution is 6.30. The monoisotopic (exact) mass is 534 g/mol. The van der Waals surface area contributed by atoms with E-state index in [2.05, 4.69) is 26.1 Å². The Morgan fingerprint density at radius 3 is 2.08 bits per heavy atom. The normalized spacial score (nSPS) is 12.5. The van der Waals surface area contributed by atoms with Crippen molar-refractivity contribution in [2.24, 2.45) is 0 Å². The predicted molar refractivity (Wildman–Crippen MR) is 154 cm³/mol. The Labute approximate surface area is 232 Å². The summed E-state index contributed by atoms with van der Waals surface area (Å²) in [5.74, 6) is 0.105. The second kappa shape index (κ2) is 12.5. The number of nitrogens with zero attached hydrogens (tertiary/aromatic N) is 1. The third-order valence-electron chi connectivity index (χ3n) is 6.09. The van der Waals surface area contributed by atoms with E-state index in [9.17, 15) is 9.59 Å². The van der Waals surface area contributed by atoms with Crippen molar-refractivity contribution in [3.8, 4) is 5.75 Å². The van der Waals surface area contributed by atoms with Gasteiger partial charge in [0.05, 0.1) is 0 Å². The summed E-state index contributed by atoms with van der Waals surface area (Å²) in [5.41, 5.74) is 2.54. The van der Waals surface area contributed by atoms with Gasteiger partial charge in [-0.05, 0) is 67.1 Å². The van der Waals surface area contributed by atoms with Crippen LogP contribution in [0.1, 0.15) is 58.2 Å². The fourth-order valence-electron chi connectivity index (χ4n) is 4.12. The van der Waals surface area contributed by atoms with E-state index in [1.807, 2.05) is 93.6 Å². The molecule has 0 spiro atoms. The van der Waals surface area contributed by atoms with Gasteiger partial charge in [0.1, 0.15) is 11.8 Å². The summed E-state index contributed by atoms with van der Waals surface area (Å²) in [4.78, 5) is 28.9. The average molecular weight is 535 g/mol. The van der Waals surface area contributed by atoms with E-state index in [0.29, 0.717) is 17.2 Å². The number of carbonyl (C=O) groups excluding carboxylic acids is 2. The third-order valence-corrected chi connectivity index (χ3v) is 6.33. The zero-order valence-electron chi connectivity index (χ0n) is 23.3. The van der Waals surface area contributed by atoms with E-state index in [1.165, 1.54) is 5.56 Å². The van der Waals surface area contributed by atoms with E-state index in [1.54, 1.807) is 11.0 Å². The van der Waals surface area contributed by atoms with Crippen LogP contribution >= 0.6 is 11.6 Å². The molecule has 0 saturated carbocycles. The van der Waals surface area contributed by atoms with Gasteiger partial charge in [0, 0.05) is 23.5 Å². The van der Waals surface area contributed by atoms with Gasteiger partial charge >= 0.3 is 0 Å². The van der Waals surface area contributed by atoms with Crippen molar-refractivity contribution in [3.05, 3.63) is 101 Å². The summed E-state index contributed by atoms with van der Waals surface area (Å²) in [6, 6.07) is 24.1. The number of amides is 2. The quantitative estimate of drug-likeness (QED) is 0.338. The molecule has 1 unspecified atom stereocenters. The van der Waals surface area contributed by atoms with Crippen LogP contribution < -0.4 is 10.1 Å². The van der Waals surface area contributed by atoms with Crippen molar-refractivity contribution in [3.63, 3.8) is 0 Å². The molecule has 3 aromatic carbocycles. The van der Waals surface area contributed by atoms with Crippen molar-refractivity contribution < 1.29 is 14.3 Å². The lowest BCUT2D eigenvalue weighted by atomic mass is 9.87. The number of benzene rings is 3. The summed E-state index contributed by atoms with van der Waals surface area (Å²) in [6.45, 7) is 12.3. The molecule has 0 fully saturated rings. The highest BCUT2D eigenvalue weighted by Crippen LogP contribution is 2.24. The van der Waals surface area contributed by atoms with E-state index in [4.69, 9.17) is 16.3 Å². The fraction of sp³-hybridized carbons (Fsp3) is 0.375. The van der Waals surface area contributed by atoms with E-state index in [0.717, 1.165) is 11.1 Å². The van der Waals surface area contributed by atoms with Gasteiger partial charge in [0.2, 0.25) is 5.91 Å². The number of nitrogens with one attached hydrogen (secondary N) is 1. The smallest absolute Gasteiger partial charge is 0.261 e. The Balaban J connectivity index is 1.90. The zero-order valence-corrected chi connectivity index (χ0v) is 24.0. The molecule has 5 nitrogen and oxygen atoms in total. The third kappa shape index (κ3) is 8.91. The molecule has 0 aliphatic heterocycles. The second-order valence-electron chi connectivity index (χ2n) is 11.7. The number of ether oxygens (including phenoxy) is 1. The molecule has 0 radical (unpaired) electrons. The van der Waals surface area contributed by atoms with Crippen LogP contribution in [0.5, 0.6) is 5.75 Å². The van der Waals surface area contributed by atoms with Gasteiger partial charge in [-0.2, -0.15) is 0 Å². The molecule has 2 amide bonds. The largest absolute Gasteiger partial charge is 0.484 e. The molecular formula is C32H39ClN2O3. The van der Waals surface area contributed by atoms with Crippen LogP contribution in [0.15, 0.2) is 78.9 Å². The van der Waals surface area contributed by atoms with Crippen LogP contribution in [-0.2, 0) is 28.0 Å². The molecule has 1 N–H and O–H groups in total. The molecule has 202 valence electrons. The van der Waals surface area contributed by atoms with Crippen LogP contribution in [0.4, 0.5) is 0 Å². The minimum Gasteiger partial charge on any atom is -0.484 e. The summed E-state index contributed by atoms with van der Waals surface area (Å²) >= 11 is 6.25. The first-order valence-corrected chi connectivity index (χ1v) is 13.3. The van der Waals surface area contributed by atoms with Crippen molar-refractivity contribution in [2.45, 2.75) is 71.5 Å². The fourth-order valence-corrected chi connectivity index (χ4v) is 4.33. The standard InChI is InChI=1S/C32H39ClN2O3/c1-31(2,3)25-15-17-27(18-16-25)38-22-29(36)35(21-24-13-10-14-26(33)19-24)28(30(37)34-32(4,5)6)20-23-11-8-7-9-12-23/h7-19,28H,20-22H2,1-6H3,(H,34,37). The number of carbonyl (C=O) groups is 2. The van der Waals surface area contributed by atoms with Crippen molar-refractivity contribution in [2.75, 3.05) is 6.61 Å². The van der Waals surface area contributed by atoms with Crippen molar-refractivity contribution >= 4 is 23.4 Å². The maximum absolute atomic E-state index is 13.7. The predicted octanol–water partition coefficient (Wildman–Crippen LogP) is 6.57. The molecule has 0 aromatic heterocycles. The van der Waals surface area contributed by atoms with Crippen molar-refractivity contribution in [1.29, 1.82) is 0 Å². The number of hydrogen-bond donors (Lipinski definition) is 1. The molecule has 0 heterocycles. The zero-order chi connectivity index (χ0) is 27.9. The molecule has 1 atom stereocenters. The SMILES string of the molecule is CC(C)(C)NC(=O)C(Cc1ccccc1)N(Cc1cccc(Cl)c1)C(=O)COc1ccc(C(C)(C)C)cc1. The number of halogens is 1. The highest BCUT2D eigenvalue weighted by atomic mass is 35.5. The van der Waals surface area contributed by atoms with Gasteiger partial charge < -0.3 is 15.0 Å². The maximum Gasteiger partial charge on any atom is 0.261 e. The van der Waals surface area contributed by atoms with Gasteiger partial charge in [-0.25, -0.2) is 0 Å². The topological polar surface area (TPSA) is 58.6 Å². The van der Waals surface area contributed by atoms with Gasteiger partial charge in [-0.3, -0.25) is 9.59 Å². The second-order valence-corrected chi connectivity index (χ2v) is 12.1. The van der Waals surface area contributed by atoms with Crippen LogP contribution in [0.2, 0.25) is 5.02 Å². The first-order chi connectivity index (χ1) is 17.8. The maximum atomic E-state index is 13.7.